The number of ether oxygens (including phenoxy) is 2. The van der Waals surface area contributed by atoms with Gasteiger partial charge in [0.1, 0.15) is 17.3 Å². The first-order valence-corrected chi connectivity index (χ1v) is 9.70. The number of nitrogens with one attached hydrogen (secondary N) is 2. The van der Waals surface area contributed by atoms with Crippen molar-refractivity contribution in [2.75, 3.05) is 10.6 Å². The standard InChI is InChI=1S/C23H15F6N3O2/c24-22(25,26)33-17-9-5-15(6-10-17)30-19-3-1-2-14-4-13-20(32-21(14)19)31-16-7-11-18(12-8-16)34-23(27,28)29/h1-13,30H,(H,31,32). The molecular weight excluding hydrogens is 464 g/mol. The number of alkyl halides is 6. The molecule has 0 radical (unpaired) electrons. The minimum atomic E-state index is -4.77. The molecule has 0 aliphatic carbocycles. The van der Waals surface area contributed by atoms with E-state index in [4.69, 9.17) is 0 Å². The summed E-state index contributed by atoms with van der Waals surface area (Å²) in [5.74, 6) is -0.255. The van der Waals surface area contributed by atoms with Crippen LogP contribution in [0.15, 0.2) is 78.9 Å². The molecule has 11 heteroatoms. The van der Waals surface area contributed by atoms with E-state index in [1.807, 2.05) is 6.07 Å². The van der Waals surface area contributed by atoms with Crippen LogP contribution < -0.4 is 20.1 Å². The molecule has 0 aliphatic rings. The molecule has 0 atom stereocenters. The van der Waals surface area contributed by atoms with E-state index in [2.05, 4.69) is 25.1 Å². The maximum absolute atomic E-state index is 12.3. The first kappa shape index (κ1) is 23.0. The first-order valence-electron chi connectivity index (χ1n) is 9.70. The van der Waals surface area contributed by atoms with Gasteiger partial charge in [-0.1, -0.05) is 12.1 Å². The molecule has 0 amide bonds. The molecule has 1 heterocycles. The van der Waals surface area contributed by atoms with Gasteiger partial charge in [-0.05, 0) is 66.7 Å². The van der Waals surface area contributed by atoms with Crippen LogP contribution in [0.2, 0.25) is 0 Å². The number of hydrogen-bond acceptors (Lipinski definition) is 5. The molecule has 0 saturated heterocycles. The Balaban J connectivity index is 1.52. The van der Waals surface area contributed by atoms with Crippen LogP contribution in [-0.4, -0.2) is 17.7 Å². The summed E-state index contributed by atoms with van der Waals surface area (Å²) in [6.45, 7) is 0. The van der Waals surface area contributed by atoms with Crippen LogP contribution in [0, 0.1) is 0 Å². The Bertz CT molecular complexity index is 1270. The molecule has 2 N–H and O–H groups in total. The maximum atomic E-state index is 12.3. The van der Waals surface area contributed by atoms with Gasteiger partial charge in [-0.25, -0.2) is 4.98 Å². The Labute approximate surface area is 188 Å². The molecule has 176 valence electrons. The summed E-state index contributed by atoms with van der Waals surface area (Å²) >= 11 is 0. The van der Waals surface area contributed by atoms with E-state index in [0.29, 0.717) is 28.4 Å². The van der Waals surface area contributed by atoms with Gasteiger partial charge >= 0.3 is 12.7 Å². The second kappa shape index (κ2) is 9.00. The van der Waals surface area contributed by atoms with Gasteiger partial charge in [0.05, 0.1) is 11.2 Å². The van der Waals surface area contributed by atoms with E-state index in [1.165, 1.54) is 48.5 Å². The molecule has 34 heavy (non-hydrogen) atoms. The lowest BCUT2D eigenvalue weighted by molar-refractivity contribution is -0.275. The average molecular weight is 479 g/mol. The topological polar surface area (TPSA) is 55.4 Å². The molecule has 0 unspecified atom stereocenters. The molecule has 3 aromatic carbocycles. The van der Waals surface area contributed by atoms with Gasteiger partial charge in [-0.15, -0.1) is 26.3 Å². The monoisotopic (exact) mass is 479 g/mol. The molecule has 4 aromatic rings. The van der Waals surface area contributed by atoms with Crippen LogP contribution in [0.5, 0.6) is 11.5 Å². The zero-order chi connectivity index (χ0) is 24.3. The van der Waals surface area contributed by atoms with Crippen molar-refractivity contribution in [2.45, 2.75) is 12.7 Å². The van der Waals surface area contributed by atoms with Crippen molar-refractivity contribution in [3.8, 4) is 11.5 Å². The van der Waals surface area contributed by atoms with Crippen LogP contribution in [0.4, 0.5) is 49.2 Å². The Morgan fingerprint density at radius 2 is 1.12 bits per heavy atom. The number of aromatic nitrogens is 1. The number of fused-ring (bicyclic) bond motifs is 1. The number of anilines is 4. The number of halogens is 6. The molecule has 1 aromatic heterocycles. The van der Waals surface area contributed by atoms with E-state index < -0.39 is 12.7 Å². The highest BCUT2D eigenvalue weighted by Gasteiger charge is 2.31. The fourth-order valence-electron chi connectivity index (χ4n) is 3.10. The molecule has 5 nitrogen and oxygen atoms in total. The summed E-state index contributed by atoms with van der Waals surface area (Å²) in [6, 6.07) is 19.3. The highest BCUT2D eigenvalue weighted by molar-refractivity contribution is 5.93. The lowest BCUT2D eigenvalue weighted by Gasteiger charge is -2.13. The summed E-state index contributed by atoms with van der Waals surface area (Å²) in [5, 5.41) is 6.91. The second-order valence-corrected chi connectivity index (χ2v) is 6.97. The number of hydrogen-bond donors (Lipinski definition) is 2. The largest absolute Gasteiger partial charge is 0.573 e. The van der Waals surface area contributed by atoms with Crippen molar-refractivity contribution in [3.05, 3.63) is 78.9 Å². The van der Waals surface area contributed by atoms with Crippen molar-refractivity contribution in [3.63, 3.8) is 0 Å². The van der Waals surface area contributed by atoms with E-state index in [-0.39, 0.29) is 11.5 Å². The summed E-state index contributed by atoms with van der Waals surface area (Å²) in [5.41, 5.74) is 2.18. The Morgan fingerprint density at radius 3 is 1.65 bits per heavy atom. The lowest BCUT2D eigenvalue weighted by atomic mass is 10.1. The lowest BCUT2D eigenvalue weighted by Crippen LogP contribution is -2.17. The SMILES string of the molecule is FC(F)(F)Oc1ccc(Nc2ccc3cccc(Nc4ccc(OC(F)(F)F)cc4)c3n2)cc1. The second-order valence-electron chi connectivity index (χ2n) is 6.97. The minimum Gasteiger partial charge on any atom is -0.406 e. The Morgan fingerprint density at radius 1 is 0.588 bits per heavy atom. The normalized spacial score (nSPS) is 11.8. The predicted molar refractivity (Wildman–Crippen MR) is 115 cm³/mol. The molecular formula is C23H15F6N3O2. The predicted octanol–water partition coefficient (Wildman–Crippen LogP) is 7.52. The average Bonchev–Trinajstić information content (AvgIpc) is 2.75. The van der Waals surface area contributed by atoms with Crippen LogP contribution in [0.3, 0.4) is 0 Å². The van der Waals surface area contributed by atoms with Crippen LogP contribution in [-0.2, 0) is 0 Å². The van der Waals surface area contributed by atoms with Gasteiger partial charge in [-0.2, -0.15) is 0 Å². The molecule has 0 spiro atoms. The van der Waals surface area contributed by atoms with E-state index >= 15 is 0 Å². The van der Waals surface area contributed by atoms with Crippen LogP contribution in [0.1, 0.15) is 0 Å². The van der Waals surface area contributed by atoms with Gasteiger partial charge < -0.3 is 20.1 Å². The third-order valence-corrected chi connectivity index (χ3v) is 4.45. The molecule has 0 saturated carbocycles. The quantitative estimate of drug-likeness (QED) is 0.280. The van der Waals surface area contributed by atoms with Gasteiger partial charge in [0.25, 0.3) is 0 Å². The van der Waals surface area contributed by atoms with Crippen molar-refractivity contribution < 1.29 is 35.8 Å². The summed E-state index contributed by atoms with van der Waals surface area (Å²) in [6.07, 6.45) is -9.55. The van der Waals surface area contributed by atoms with E-state index in [0.717, 1.165) is 5.39 Å². The number of pyridine rings is 1. The smallest absolute Gasteiger partial charge is 0.406 e. The molecule has 0 bridgehead atoms. The van der Waals surface area contributed by atoms with Gasteiger partial charge in [0.15, 0.2) is 0 Å². The third kappa shape index (κ3) is 6.21. The fourth-order valence-corrected chi connectivity index (χ4v) is 3.10. The van der Waals surface area contributed by atoms with Gasteiger partial charge in [0, 0.05) is 16.8 Å². The maximum Gasteiger partial charge on any atom is 0.573 e. The molecule has 0 aliphatic heterocycles. The van der Waals surface area contributed by atoms with Gasteiger partial charge in [-0.3, -0.25) is 0 Å². The number of nitrogens with zero attached hydrogens (tertiary/aromatic N) is 1. The van der Waals surface area contributed by atoms with Crippen molar-refractivity contribution >= 4 is 33.8 Å². The number of benzene rings is 3. The summed E-state index contributed by atoms with van der Waals surface area (Å²) < 4.78 is 81.7. The van der Waals surface area contributed by atoms with Crippen LogP contribution >= 0.6 is 0 Å². The van der Waals surface area contributed by atoms with E-state index in [9.17, 15) is 26.3 Å². The van der Waals surface area contributed by atoms with Crippen molar-refractivity contribution in [1.29, 1.82) is 0 Å². The first-order chi connectivity index (χ1) is 16.0. The zero-order valence-electron chi connectivity index (χ0n) is 17.0. The number of rotatable bonds is 6. The molecule has 0 fully saturated rings. The highest BCUT2D eigenvalue weighted by atomic mass is 19.4. The highest BCUT2D eigenvalue weighted by Crippen LogP contribution is 2.30. The summed E-state index contributed by atoms with van der Waals surface area (Å²) in [7, 11) is 0. The van der Waals surface area contributed by atoms with Crippen LogP contribution in [0.25, 0.3) is 10.9 Å². The fraction of sp³-hybridized carbons (Fsp3) is 0.0870. The van der Waals surface area contributed by atoms with Crippen molar-refractivity contribution in [2.24, 2.45) is 0 Å². The summed E-state index contributed by atoms with van der Waals surface area (Å²) in [4.78, 5) is 4.56. The molecule has 4 rings (SSSR count). The van der Waals surface area contributed by atoms with Crippen molar-refractivity contribution in [1.82, 2.24) is 4.98 Å². The third-order valence-electron chi connectivity index (χ3n) is 4.45. The van der Waals surface area contributed by atoms with E-state index in [1.54, 1.807) is 24.3 Å². The number of para-hydroxylation sites is 1. The van der Waals surface area contributed by atoms with Gasteiger partial charge in [0.2, 0.25) is 0 Å². The Hall–Kier alpha value is -4.15. The minimum absolute atomic E-state index is 0.341. The zero-order valence-corrected chi connectivity index (χ0v) is 17.0. The Kier molecular flexibility index (Phi) is 6.10.